The van der Waals surface area contributed by atoms with Gasteiger partial charge < -0.3 is 14.5 Å². The molecule has 3 rings (SSSR count). The predicted octanol–water partition coefficient (Wildman–Crippen LogP) is 2.63. The fourth-order valence-corrected chi connectivity index (χ4v) is 2.95. The molecule has 1 aromatic heterocycles. The van der Waals surface area contributed by atoms with Gasteiger partial charge in [0.15, 0.2) is 4.77 Å². The van der Waals surface area contributed by atoms with Crippen molar-refractivity contribution in [2.24, 2.45) is 0 Å². The Kier molecular flexibility index (Phi) is 3.14. The van der Waals surface area contributed by atoms with Crippen LogP contribution in [-0.4, -0.2) is 33.4 Å². The van der Waals surface area contributed by atoms with Crippen LogP contribution in [-0.2, 0) is 11.3 Å². The van der Waals surface area contributed by atoms with E-state index < -0.39 is 0 Å². The molecule has 1 N–H and O–H groups in total. The number of rotatable bonds is 2. The normalized spacial score (nSPS) is 15.3. The number of fused-ring (bicyclic) bond motifs is 1. The summed E-state index contributed by atoms with van der Waals surface area (Å²) >= 11 is 5.34. The van der Waals surface area contributed by atoms with Crippen molar-refractivity contribution < 1.29 is 4.79 Å². The number of aromatic nitrogens is 2. The highest BCUT2D eigenvalue weighted by Gasteiger charge is 2.19. The van der Waals surface area contributed by atoms with Crippen molar-refractivity contribution >= 4 is 29.2 Å². The highest BCUT2D eigenvalue weighted by atomic mass is 32.1. The predicted molar refractivity (Wildman–Crippen MR) is 77.7 cm³/mol. The number of imidazole rings is 1. The standard InChI is InChI=1S/C14H17N3OS/c1-10-5-4-6-11-13(10)15-14(19)17(11)9-12(18)16-7-2-3-8-16/h4-6H,2-3,7-9H2,1H3,(H,15,19). The summed E-state index contributed by atoms with van der Waals surface area (Å²) in [5.74, 6) is 0.163. The maximum Gasteiger partial charge on any atom is 0.242 e. The number of carbonyl (C=O) groups is 1. The second-order valence-corrected chi connectivity index (χ2v) is 5.46. The Morgan fingerprint density at radius 1 is 1.37 bits per heavy atom. The molecule has 1 aliphatic heterocycles. The third kappa shape index (κ3) is 2.18. The first kappa shape index (κ1) is 12.4. The molecular weight excluding hydrogens is 258 g/mol. The molecule has 1 amide bonds. The molecular formula is C14H17N3OS. The van der Waals surface area contributed by atoms with Crippen LogP contribution in [0.15, 0.2) is 18.2 Å². The first-order chi connectivity index (χ1) is 9.16. The number of aryl methyl sites for hydroxylation is 1. The Morgan fingerprint density at radius 2 is 2.11 bits per heavy atom. The summed E-state index contributed by atoms with van der Waals surface area (Å²) in [4.78, 5) is 17.4. The molecule has 0 bridgehead atoms. The number of nitrogens with zero attached hydrogens (tertiary/aromatic N) is 2. The Morgan fingerprint density at radius 3 is 2.84 bits per heavy atom. The molecule has 1 aliphatic rings. The van der Waals surface area contributed by atoms with Crippen LogP contribution in [0.3, 0.4) is 0 Å². The Labute approximate surface area is 117 Å². The van der Waals surface area contributed by atoms with Crippen LogP contribution in [0.5, 0.6) is 0 Å². The van der Waals surface area contributed by atoms with E-state index in [2.05, 4.69) is 4.98 Å². The van der Waals surface area contributed by atoms with Gasteiger partial charge in [-0.3, -0.25) is 4.79 Å². The molecule has 100 valence electrons. The van der Waals surface area contributed by atoms with Crippen molar-refractivity contribution in [2.75, 3.05) is 13.1 Å². The van der Waals surface area contributed by atoms with Crippen molar-refractivity contribution in [1.82, 2.24) is 14.5 Å². The van der Waals surface area contributed by atoms with Crippen LogP contribution in [0.2, 0.25) is 0 Å². The van der Waals surface area contributed by atoms with Gasteiger partial charge in [-0.15, -0.1) is 0 Å². The van der Waals surface area contributed by atoms with Gasteiger partial charge in [0.05, 0.1) is 11.0 Å². The van der Waals surface area contributed by atoms with Crippen LogP contribution in [0.4, 0.5) is 0 Å². The van der Waals surface area contributed by atoms with Crippen molar-refractivity contribution in [3.05, 3.63) is 28.5 Å². The second kappa shape index (κ2) is 4.81. The number of para-hydroxylation sites is 1. The van der Waals surface area contributed by atoms with Gasteiger partial charge in [0, 0.05) is 13.1 Å². The number of nitrogens with one attached hydrogen (secondary N) is 1. The third-order valence-electron chi connectivity index (χ3n) is 3.77. The van der Waals surface area contributed by atoms with Crippen molar-refractivity contribution in [3.8, 4) is 0 Å². The largest absolute Gasteiger partial charge is 0.341 e. The summed E-state index contributed by atoms with van der Waals surface area (Å²) in [6.07, 6.45) is 2.23. The molecule has 1 aromatic carbocycles. The molecule has 0 radical (unpaired) electrons. The van der Waals surface area contributed by atoms with E-state index in [1.807, 2.05) is 34.6 Å². The van der Waals surface area contributed by atoms with Crippen molar-refractivity contribution in [3.63, 3.8) is 0 Å². The molecule has 0 aliphatic carbocycles. The lowest BCUT2D eigenvalue weighted by atomic mass is 10.2. The zero-order valence-corrected chi connectivity index (χ0v) is 11.8. The molecule has 1 fully saturated rings. The van der Waals surface area contributed by atoms with Gasteiger partial charge in [0.2, 0.25) is 5.91 Å². The smallest absolute Gasteiger partial charge is 0.242 e. The lowest BCUT2D eigenvalue weighted by Crippen LogP contribution is -2.31. The van der Waals surface area contributed by atoms with Gasteiger partial charge in [0.1, 0.15) is 6.54 Å². The topological polar surface area (TPSA) is 41.0 Å². The summed E-state index contributed by atoms with van der Waals surface area (Å²) < 4.78 is 2.52. The summed E-state index contributed by atoms with van der Waals surface area (Å²) in [6, 6.07) is 6.04. The molecule has 5 heteroatoms. The van der Waals surface area contributed by atoms with Gasteiger partial charge in [0.25, 0.3) is 0 Å². The summed E-state index contributed by atoms with van der Waals surface area (Å²) in [5.41, 5.74) is 3.19. The lowest BCUT2D eigenvalue weighted by Gasteiger charge is -2.15. The maximum atomic E-state index is 12.2. The highest BCUT2D eigenvalue weighted by molar-refractivity contribution is 7.71. The van der Waals surface area contributed by atoms with Gasteiger partial charge in [-0.25, -0.2) is 0 Å². The molecule has 2 aromatic rings. The molecule has 0 spiro atoms. The minimum atomic E-state index is 0.163. The van der Waals surface area contributed by atoms with E-state index in [4.69, 9.17) is 12.2 Å². The number of amides is 1. The average molecular weight is 275 g/mol. The van der Waals surface area contributed by atoms with Crippen LogP contribution < -0.4 is 0 Å². The molecule has 19 heavy (non-hydrogen) atoms. The summed E-state index contributed by atoms with van der Waals surface area (Å²) in [5, 5.41) is 0. The first-order valence-electron chi connectivity index (χ1n) is 6.63. The van der Waals surface area contributed by atoms with E-state index in [9.17, 15) is 4.79 Å². The van der Waals surface area contributed by atoms with Crippen molar-refractivity contribution in [2.45, 2.75) is 26.3 Å². The van der Waals surface area contributed by atoms with E-state index in [0.29, 0.717) is 11.3 Å². The summed E-state index contributed by atoms with van der Waals surface area (Å²) in [7, 11) is 0. The highest BCUT2D eigenvalue weighted by Crippen LogP contribution is 2.18. The molecule has 2 heterocycles. The third-order valence-corrected chi connectivity index (χ3v) is 4.09. The minimum Gasteiger partial charge on any atom is -0.341 e. The van der Waals surface area contributed by atoms with E-state index in [-0.39, 0.29) is 5.91 Å². The Bertz CT molecular complexity index is 680. The van der Waals surface area contributed by atoms with Crippen molar-refractivity contribution in [1.29, 1.82) is 0 Å². The SMILES string of the molecule is Cc1cccc2c1[nH]c(=S)n2CC(=O)N1CCCC1. The van der Waals surface area contributed by atoms with E-state index in [1.54, 1.807) is 0 Å². The van der Waals surface area contributed by atoms with E-state index in [1.165, 1.54) is 0 Å². The Hall–Kier alpha value is -1.62. The van der Waals surface area contributed by atoms with Gasteiger partial charge in [-0.05, 0) is 43.6 Å². The summed E-state index contributed by atoms with van der Waals surface area (Å²) in [6.45, 7) is 4.14. The number of hydrogen-bond donors (Lipinski definition) is 1. The number of carbonyl (C=O) groups excluding carboxylic acids is 1. The quantitative estimate of drug-likeness (QED) is 0.856. The zero-order valence-electron chi connectivity index (χ0n) is 11.0. The number of hydrogen-bond acceptors (Lipinski definition) is 2. The molecule has 0 saturated carbocycles. The molecule has 4 nitrogen and oxygen atoms in total. The maximum absolute atomic E-state index is 12.2. The van der Waals surface area contributed by atoms with Crippen LogP contribution in [0, 0.1) is 11.7 Å². The molecule has 0 atom stereocenters. The number of aromatic amines is 1. The van der Waals surface area contributed by atoms with Gasteiger partial charge >= 0.3 is 0 Å². The first-order valence-corrected chi connectivity index (χ1v) is 7.03. The Balaban J connectivity index is 1.96. The molecule has 1 saturated heterocycles. The van der Waals surface area contributed by atoms with Crippen LogP contribution in [0.25, 0.3) is 11.0 Å². The average Bonchev–Trinajstić information content (AvgIpc) is 3.00. The zero-order chi connectivity index (χ0) is 13.4. The molecule has 0 unspecified atom stereocenters. The van der Waals surface area contributed by atoms with Crippen LogP contribution >= 0.6 is 12.2 Å². The van der Waals surface area contributed by atoms with Gasteiger partial charge in [-0.2, -0.15) is 0 Å². The monoisotopic (exact) mass is 275 g/mol. The van der Waals surface area contributed by atoms with Crippen LogP contribution in [0.1, 0.15) is 18.4 Å². The number of H-pyrrole nitrogens is 1. The number of likely N-dealkylation sites (tertiary alicyclic amines) is 1. The van der Waals surface area contributed by atoms with Gasteiger partial charge in [-0.1, -0.05) is 12.1 Å². The van der Waals surface area contributed by atoms with E-state index >= 15 is 0 Å². The second-order valence-electron chi connectivity index (χ2n) is 5.07. The fraction of sp³-hybridized carbons (Fsp3) is 0.429. The fourth-order valence-electron chi connectivity index (χ4n) is 2.68. The lowest BCUT2D eigenvalue weighted by molar-refractivity contribution is -0.130. The van der Waals surface area contributed by atoms with E-state index in [0.717, 1.165) is 42.5 Å². The minimum absolute atomic E-state index is 0.163. The number of benzene rings is 1.